The molecule has 5 heteroatoms. The molecule has 0 unspecified atom stereocenters. The molecule has 1 aliphatic heterocycles. The van der Waals surface area contributed by atoms with Gasteiger partial charge in [-0.1, -0.05) is 0 Å². The summed E-state index contributed by atoms with van der Waals surface area (Å²) in [4.78, 5) is 11.4. The first-order chi connectivity index (χ1) is 6.92. The molecule has 2 atom stereocenters. The number of hydrogen-bond donors (Lipinski definition) is 2. The summed E-state index contributed by atoms with van der Waals surface area (Å²) in [5, 5.41) is 5.65. The fourth-order valence-corrected chi connectivity index (χ4v) is 1.53. The monoisotopic (exact) mass is 218 g/mol. The average molecular weight is 218 g/mol. The van der Waals surface area contributed by atoms with Crippen molar-refractivity contribution in [1.82, 2.24) is 10.6 Å². The van der Waals surface area contributed by atoms with Crippen LogP contribution in [0.5, 0.6) is 0 Å². The average Bonchev–Trinajstić information content (AvgIpc) is 2.48. The lowest BCUT2D eigenvalue weighted by atomic mass is 10.1. The van der Waals surface area contributed by atoms with E-state index in [1.807, 2.05) is 0 Å². The van der Waals surface area contributed by atoms with Gasteiger partial charge in [0.15, 0.2) is 0 Å². The third-order valence-electron chi connectivity index (χ3n) is 2.22. The second-order valence-corrected chi connectivity index (χ2v) is 4.78. The number of amides is 1. The zero-order valence-electron chi connectivity index (χ0n) is 9.47. The molecule has 1 aliphatic rings. The molecule has 88 valence electrons. The van der Waals surface area contributed by atoms with Crippen LogP contribution in [0.25, 0.3) is 0 Å². The van der Waals surface area contributed by atoms with Crippen LogP contribution in [-0.2, 0) is 4.74 Å². The molecular formula is C10H19FN2O2. The molecule has 0 aliphatic carbocycles. The maximum absolute atomic E-state index is 12.5. The van der Waals surface area contributed by atoms with Gasteiger partial charge in [0.1, 0.15) is 5.60 Å². The van der Waals surface area contributed by atoms with Gasteiger partial charge in [-0.15, -0.1) is 0 Å². The van der Waals surface area contributed by atoms with E-state index < -0.39 is 18.4 Å². The van der Waals surface area contributed by atoms with Crippen molar-refractivity contribution >= 4 is 6.09 Å². The fraction of sp³-hybridized carbons (Fsp3) is 0.900. The van der Waals surface area contributed by atoms with Crippen molar-refractivity contribution in [3.8, 4) is 0 Å². The largest absolute Gasteiger partial charge is 0.444 e. The quantitative estimate of drug-likeness (QED) is 0.737. The van der Waals surface area contributed by atoms with Crippen molar-refractivity contribution in [1.29, 1.82) is 0 Å². The van der Waals surface area contributed by atoms with Crippen LogP contribution in [0.3, 0.4) is 0 Å². The second-order valence-electron chi connectivity index (χ2n) is 4.78. The van der Waals surface area contributed by atoms with E-state index in [0.29, 0.717) is 0 Å². The van der Waals surface area contributed by atoms with Crippen LogP contribution in [0.2, 0.25) is 0 Å². The van der Waals surface area contributed by atoms with Crippen molar-refractivity contribution in [2.24, 2.45) is 5.92 Å². The molecule has 0 radical (unpaired) electrons. The first-order valence-electron chi connectivity index (χ1n) is 5.21. The maximum Gasteiger partial charge on any atom is 0.408 e. The standard InChI is InChI=1S/C10H19FN2O2/c1-10(2,3)15-9(14)13-8-7(6-11)4-5-12-8/h7-8,12H,4-6H2,1-3H3,(H,13,14)/t7-,8-/m1/s1. The van der Waals surface area contributed by atoms with Gasteiger partial charge in [0.05, 0.1) is 12.8 Å². The molecule has 0 aromatic rings. The highest BCUT2D eigenvalue weighted by Gasteiger charge is 2.29. The van der Waals surface area contributed by atoms with Gasteiger partial charge >= 0.3 is 6.09 Å². The van der Waals surface area contributed by atoms with Crippen LogP contribution in [-0.4, -0.2) is 31.1 Å². The van der Waals surface area contributed by atoms with Crippen LogP contribution in [0, 0.1) is 5.92 Å². The van der Waals surface area contributed by atoms with Gasteiger partial charge < -0.3 is 10.1 Å². The molecule has 0 saturated carbocycles. The molecule has 0 bridgehead atoms. The number of hydrogen-bond acceptors (Lipinski definition) is 3. The Kier molecular flexibility index (Phi) is 3.90. The van der Waals surface area contributed by atoms with E-state index in [0.717, 1.165) is 13.0 Å². The lowest BCUT2D eigenvalue weighted by Crippen LogP contribution is -2.47. The molecule has 0 aromatic carbocycles. The van der Waals surface area contributed by atoms with E-state index in [2.05, 4.69) is 10.6 Å². The van der Waals surface area contributed by atoms with Crippen LogP contribution < -0.4 is 10.6 Å². The summed E-state index contributed by atoms with van der Waals surface area (Å²) < 4.78 is 17.6. The summed E-state index contributed by atoms with van der Waals surface area (Å²) in [7, 11) is 0. The number of ether oxygens (including phenoxy) is 1. The summed E-state index contributed by atoms with van der Waals surface area (Å²) in [6.45, 7) is 5.69. The Bertz CT molecular complexity index is 228. The Morgan fingerprint density at radius 2 is 2.27 bits per heavy atom. The summed E-state index contributed by atoms with van der Waals surface area (Å²) in [6, 6.07) is 0. The Morgan fingerprint density at radius 1 is 1.60 bits per heavy atom. The highest BCUT2D eigenvalue weighted by Crippen LogP contribution is 2.15. The van der Waals surface area contributed by atoms with E-state index in [9.17, 15) is 9.18 Å². The molecule has 0 spiro atoms. The fourth-order valence-electron chi connectivity index (χ4n) is 1.53. The Labute approximate surface area is 89.6 Å². The highest BCUT2D eigenvalue weighted by atomic mass is 19.1. The predicted octanol–water partition coefficient (Wildman–Crippen LogP) is 1.42. The topological polar surface area (TPSA) is 50.4 Å². The molecule has 1 rings (SSSR count). The van der Waals surface area contributed by atoms with Gasteiger partial charge in [-0.25, -0.2) is 4.79 Å². The number of rotatable bonds is 2. The van der Waals surface area contributed by atoms with E-state index in [4.69, 9.17) is 4.74 Å². The number of alkyl carbamates (subject to hydrolysis) is 1. The van der Waals surface area contributed by atoms with Crippen molar-refractivity contribution in [3.63, 3.8) is 0 Å². The molecule has 4 nitrogen and oxygen atoms in total. The van der Waals surface area contributed by atoms with Gasteiger partial charge in [0.25, 0.3) is 0 Å². The molecule has 1 amide bonds. The summed E-state index contributed by atoms with van der Waals surface area (Å²) in [5.74, 6) is -0.141. The molecule has 1 fully saturated rings. The van der Waals surface area contributed by atoms with E-state index in [-0.39, 0.29) is 12.1 Å². The van der Waals surface area contributed by atoms with E-state index in [1.54, 1.807) is 20.8 Å². The van der Waals surface area contributed by atoms with Crippen LogP contribution in [0.15, 0.2) is 0 Å². The van der Waals surface area contributed by atoms with Crippen molar-refractivity contribution in [2.75, 3.05) is 13.2 Å². The molecule has 15 heavy (non-hydrogen) atoms. The Hall–Kier alpha value is -0.840. The zero-order valence-corrected chi connectivity index (χ0v) is 9.47. The lowest BCUT2D eigenvalue weighted by Gasteiger charge is -2.23. The van der Waals surface area contributed by atoms with Gasteiger partial charge in [-0.3, -0.25) is 9.71 Å². The van der Waals surface area contributed by atoms with Gasteiger partial charge in [0.2, 0.25) is 0 Å². The molecular weight excluding hydrogens is 199 g/mol. The van der Waals surface area contributed by atoms with Gasteiger partial charge in [0, 0.05) is 5.92 Å². The SMILES string of the molecule is CC(C)(C)OC(=O)N[C@H]1NCC[C@@H]1CF. The molecule has 0 aromatic heterocycles. The highest BCUT2D eigenvalue weighted by molar-refractivity contribution is 5.68. The first kappa shape index (κ1) is 12.2. The minimum absolute atomic E-state index is 0.141. The van der Waals surface area contributed by atoms with Crippen LogP contribution in [0.1, 0.15) is 27.2 Å². The minimum Gasteiger partial charge on any atom is -0.444 e. The number of carbonyl (C=O) groups excluding carboxylic acids is 1. The van der Waals surface area contributed by atoms with Crippen LogP contribution >= 0.6 is 0 Å². The molecule has 2 N–H and O–H groups in total. The summed E-state index contributed by atoms with van der Waals surface area (Å²) in [5.41, 5.74) is -0.520. The number of alkyl halides is 1. The third-order valence-corrected chi connectivity index (χ3v) is 2.22. The van der Waals surface area contributed by atoms with Gasteiger partial charge in [-0.2, -0.15) is 0 Å². The normalized spacial score (nSPS) is 26.4. The third kappa shape index (κ3) is 4.03. The lowest BCUT2D eigenvalue weighted by molar-refractivity contribution is 0.0482. The number of nitrogens with one attached hydrogen (secondary N) is 2. The maximum atomic E-state index is 12.5. The predicted molar refractivity (Wildman–Crippen MR) is 55.2 cm³/mol. The summed E-state index contributed by atoms with van der Waals surface area (Å²) in [6.07, 6.45) is -0.0538. The van der Waals surface area contributed by atoms with Crippen molar-refractivity contribution in [3.05, 3.63) is 0 Å². The zero-order chi connectivity index (χ0) is 11.5. The number of halogens is 1. The van der Waals surface area contributed by atoms with E-state index >= 15 is 0 Å². The second kappa shape index (κ2) is 4.79. The molecule has 1 saturated heterocycles. The van der Waals surface area contributed by atoms with Crippen molar-refractivity contribution in [2.45, 2.75) is 39.0 Å². The Morgan fingerprint density at radius 3 is 2.80 bits per heavy atom. The first-order valence-corrected chi connectivity index (χ1v) is 5.21. The smallest absolute Gasteiger partial charge is 0.408 e. The Balaban J connectivity index is 2.37. The van der Waals surface area contributed by atoms with Gasteiger partial charge in [-0.05, 0) is 33.7 Å². The van der Waals surface area contributed by atoms with Crippen molar-refractivity contribution < 1.29 is 13.9 Å². The number of carbonyl (C=O) groups is 1. The van der Waals surface area contributed by atoms with E-state index in [1.165, 1.54) is 0 Å². The molecule has 1 heterocycles. The summed E-state index contributed by atoms with van der Waals surface area (Å²) >= 11 is 0. The van der Waals surface area contributed by atoms with Crippen LogP contribution in [0.4, 0.5) is 9.18 Å². The minimum atomic E-state index is -0.520.